The summed E-state index contributed by atoms with van der Waals surface area (Å²) in [5, 5.41) is 2.55. The molecule has 0 radical (unpaired) electrons. The first kappa shape index (κ1) is 9.45. The standard InChI is InChI=1S/C9H14N2O3/c1-9(2,3)13-6-4-7-8(12)14-10-11(7)5-6/h6H,4-5H2,1-3H3/p+1. The molecule has 2 rings (SSSR count). The van der Waals surface area contributed by atoms with Gasteiger partial charge in [0.1, 0.15) is 6.10 Å². The van der Waals surface area contributed by atoms with Crippen LogP contribution in [-0.2, 0) is 17.7 Å². The Bertz CT molecular complexity index is 385. The first-order valence-corrected chi connectivity index (χ1v) is 4.74. The molecule has 0 aliphatic carbocycles. The van der Waals surface area contributed by atoms with Crippen molar-refractivity contribution in [3.05, 3.63) is 16.1 Å². The van der Waals surface area contributed by atoms with Gasteiger partial charge < -0.3 is 4.74 Å². The van der Waals surface area contributed by atoms with Gasteiger partial charge >= 0.3 is 5.63 Å². The zero-order chi connectivity index (χ0) is 10.3. The largest absolute Gasteiger partial charge is 0.430 e. The molecule has 5 heteroatoms. The van der Waals surface area contributed by atoms with Gasteiger partial charge in [-0.25, -0.2) is 4.79 Å². The molecule has 1 N–H and O–H groups in total. The van der Waals surface area contributed by atoms with Gasteiger partial charge in [0.25, 0.3) is 5.69 Å². The average molecular weight is 199 g/mol. The number of ether oxygens (including phenoxy) is 1. The van der Waals surface area contributed by atoms with Gasteiger partial charge in [0.05, 0.1) is 12.0 Å². The number of H-pyrrole nitrogens is 1. The van der Waals surface area contributed by atoms with E-state index in [9.17, 15) is 4.79 Å². The first-order valence-electron chi connectivity index (χ1n) is 4.74. The van der Waals surface area contributed by atoms with E-state index in [0.717, 1.165) is 0 Å². The highest BCUT2D eigenvalue weighted by molar-refractivity contribution is 4.90. The lowest BCUT2D eigenvalue weighted by Crippen LogP contribution is -2.39. The molecule has 1 atom stereocenters. The molecule has 1 aromatic rings. The summed E-state index contributed by atoms with van der Waals surface area (Å²) in [6.45, 7) is 6.69. The molecule has 14 heavy (non-hydrogen) atoms. The van der Waals surface area contributed by atoms with Crippen molar-refractivity contribution >= 4 is 0 Å². The van der Waals surface area contributed by atoms with Crippen molar-refractivity contribution in [3.8, 4) is 0 Å². The van der Waals surface area contributed by atoms with E-state index < -0.39 is 0 Å². The second kappa shape index (κ2) is 2.95. The second-order valence-corrected chi connectivity index (χ2v) is 4.59. The minimum atomic E-state index is -0.287. The summed E-state index contributed by atoms with van der Waals surface area (Å²) < 4.78 is 12.1. The Morgan fingerprint density at radius 3 is 2.86 bits per heavy atom. The monoisotopic (exact) mass is 199 g/mol. The number of hydrogen-bond donors (Lipinski definition) is 1. The van der Waals surface area contributed by atoms with Crippen molar-refractivity contribution < 1.29 is 13.9 Å². The third-order valence-corrected chi connectivity index (χ3v) is 2.14. The van der Waals surface area contributed by atoms with E-state index in [1.165, 1.54) is 0 Å². The lowest BCUT2D eigenvalue weighted by Gasteiger charge is -2.22. The molecule has 0 spiro atoms. The van der Waals surface area contributed by atoms with Crippen LogP contribution in [0, 0.1) is 0 Å². The maximum atomic E-state index is 11.1. The summed E-state index contributed by atoms with van der Waals surface area (Å²) in [4.78, 5) is 11.1. The molecule has 1 aliphatic heterocycles. The van der Waals surface area contributed by atoms with Crippen LogP contribution in [0.3, 0.4) is 0 Å². The topological polar surface area (TPSA) is 59.1 Å². The van der Waals surface area contributed by atoms with Crippen LogP contribution in [-0.4, -0.2) is 17.0 Å². The van der Waals surface area contributed by atoms with E-state index in [4.69, 9.17) is 4.74 Å². The number of fused-ring (bicyclic) bond motifs is 1. The number of rotatable bonds is 1. The molecule has 1 aromatic heterocycles. The number of aromatic nitrogens is 2. The third-order valence-electron chi connectivity index (χ3n) is 2.14. The zero-order valence-electron chi connectivity index (χ0n) is 8.66. The van der Waals surface area contributed by atoms with Crippen LogP contribution < -0.4 is 10.3 Å². The van der Waals surface area contributed by atoms with Gasteiger partial charge in [0, 0.05) is 0 Å². The summed E-state index contributed by atoms with van der Waals surface area (Å²) in [7, 11) is 0. The van der Waals surface area contributed by atoms with E-state index in [1.54, 1.807) is 4.68 Å². The predicted octanol–water partition coefficient (Wildman–Crippen LogP) is -0.00480. The number of hydrogen-bond acceptors (Lipinski definition) is 3. The van der Waals surface area contributed by atoms with Gasteiger partial charge in [-0.15, -0.1) is 0 Å². The predicted molar refractivity (Wildman–Crippen MR) is 47.9 cm³/mol. The fourth-order valence-corrected chi connectivity index (χ4v) is 1.72. The molecule has 0 saturated heterocycles. The van der Waals surface area contributed by atoms with Crippen molar-refractivity contribution in [2.75, 3.05) is 0 Å². The highest BCUT2D eigenvalue weighted by atomic mass is 16.5. The number of aromatic amines is 1. The van der Waals surface area contributed by atoms with E-state index in [-0.39, 0.29) is 17.3 Å². The SMILES string of the molecule is CC(C)(C)OC1Cc2c(=O)o[nH][n+]2C1. The molecule has 78 valence electrons. The van der Waals surface area contributed by atoms with Crippen molar-refractivity contribution in [2.45, 2.75) is 45.4 Å². The molecule has 0 bridgehead atoms. The number of nitrogens with one attached hydrogen (secondary N) is 1. The van der Waals surface area contributed by atoms with Gasteiger partial charge in [0.15, 0.2) is 0 Å². The quantitative estimate of drug-likeness (QED) is 0.647. The van der Waals surface area contributed by atoms with E-state index >= 15 is 0 Å². The van der Waals surface area contributed by atoms with Crippen molar-refractivity contribution in [3.63, 3.8) is 0 Å². The molecule has 0 amide bonds. The Morgan fingerprint density at radius 2 is 2.29 bits per heavy atom. The molecule has 0 saturated carbocycles. The van der Waals surface area contributed by atoms with Gasteiger partial charge in [-0.05, 0) is 26.0 Å². The maximum Gasteiger partial charge on any atom is 0.430 e. The van der Waals surface area contributed by atoms with Crippen LogP contribution in [0.25, 0.3) is 0 Å². The lowest BCUT2D eigenvalue weighted by molar-refractivity contribution is -0.760. The Labute approximate surface area is 81.6 Å². The second-order valence-electron chi connectivity index (χ2n) is 4.59. The van der Waals surface area contributed by atoms with Crippen LogP contribution in [0.5, 0.6) is 0 Å². The van der Waals surface area contributed by atoms with Gasteiger partial charge in [0.2, 0.25) is 6.54 Å². The maximum absolute atomic E-state index is 11.1. The van der Waals surface area contributed by atoms with E-state index in [1.807, 2.05) is 20.8 Å². The molecule has 5 nitrogen and oxygen atoms in total. The van der Waals surface area contributed by atoms with Crippen LogP contribution in [0.1, 0.15) is 26.5 Å². The third kappa shape index (κ3) is 1.72. The van der Waals surface area contributed by atoms with Crippen LogP contribution in [0.2, 0.25) is 0 Å². The van der Waals surface area contributed by atoms with Gasteiger partial charge in [-0.2, -0.15) is 0 Å². The highest BCUT2D eigenvalue weighted by Gasteiger charge is 2.37. The molecular weight excluding hydrogens is 184 g/mol. The zero-order valence-corrected chi connectivity index (χ0v) is 8.66. The van der Waals surface area contributed by atoms with Crippen LogP contribution in [0.4, 0.5) is 0 Å². The normalized spacial score (nSPS) is 21.2. The Kier molecular flexibility index (Phi) is 1.99. The molecule has 2 heterocycles. The van der Waals surface area contributed by atoms with Gasteiger partial charge in [-0.3, -0.25) is 4.52 Å². The number of nitrogens with zero attached hydrogens (tertiary/aromatic N) is 1. The first-order chi connectivity index (χ1) is 6.46. The minimum Gasteiger partial charge on any atom is -0.365 e. The van der Waals surface area contributed by atoms with Gasteiger partial charge in [-0.1, -0.05) is 4.68 Å². The fraction of sp³-hybridized carbons (Fsp3) is 0.778. The Balaban J connectivity index is 2.09. The van der Waals surface area contributed by atoms with Crippen LogP contribution >= 0.6 is 0 Å². The van der Waals surface area contributed by atoms with E-state index in [2.05, 4.69) is 9.79 Å². The summed E-state index contributed by atoms with van der Waals surface area (Å²) in [6, 6.07) is 0. The molecule has 0 aromatic carbocycles. The lowest BCUT2D eigenvalue weighted by atomic mass is 10.1. The summed E-state index contributed by atoms with van der Waals surface area (Å²) >= 11 is 0. The summed E-state index contributed by atoms with van der Waals surface area (Å²) in [5.74, 6) is 0. The summed E-state index contributed by atoms with van der Waals surface area (Å²) in [6.07, 6.45) is 0.702. The molecule has 1 aliphatic rings. The van der Waals surface area contributed by atoms with Crippen molar-refractivity contribution in [2.24, 2.45) is 0 Å². The average Bonchev–Trinajstić information content (AvgIpc) is 2.51. The summed E-state index contributed by atoms with van der Waals surface area (Å²) in [5.41, 5.74) is 0.207. The molecule has 0 fully saturated rings. The fourth-order valence-electron chi connectivity index (χ4n) is 1.72. The van der Waals surface area contributed by atoms with Crippen LogP contribution in [0.15, 0.2) is 9.32 Å². The Morgan fingerprint density at radius 1 is 1.57 bits per heavy atom. The van der Waals surface area contributed by atoms with E-state index in [0.29, 0.717) is 18.7 Å². The Hall–Kier alpha value is -1.10. The van der Waals surface area contributed by atoms with Crippen molar-refractivity contribution in [1.29, 1.82) is 0 Å². The van der Waals surface area contributed by atoms with Crippen molar-refractivity contribution in [1.82, 2.24) is 5.27 Å². The molecular formula is C9H15N2O3+. The molecule has 1 unspecified atom stereocenters. The highest BCUT2D eigenvalue weighted by Crippen LogP contribution is 2.15. The smallest absolute Gasteiger partial charge is 0.365 e. The minimum absolute atomic E-state index is 0.0744.